The molecule has 2 aliphatic rings. The van der Waals surface area contributed by atoms with Crippen LogP contribution in [0.3, 0.4) is 0 Å². The second-order valence-electron chi connectivity index (χ2n) is 7.98. The lowest BCUT2D eigenvalue weighted by Gasteiger charge is -2.16. The Labute approximate surface area is 186 Å². The van der Waals surface area contributed by atoms with Crippen molar-refractivity contribution in [3.8, 4) is 0 Å². The molecule has 0 saturated heterocycles. The normalized spacial score (nSPS) is 16.9. The van der Waals surface area contributed by atoms with Gasteiger partial charge in [-0.1, -0.05) is 60.8 Å². The molecule has 1 aliphatic carbocycles. The highest BCUT2D eigenvalue weighted by Crippen LogP contribution is 2.29. The fourth-order valence-corrected chi connectivity index (χ4v) is 4.17. The lowest BCUT2D eigenvalue weighted by Crippen LogP contribution is -2.32. The second kappa shape index (κ2) is 8.94. The molecule has 3 amide bonds. The predicted octanol–water partition coefficient (Wildman–Crippen LogP) is 4.10. The lowest BCUT2D eigenvalue weighted by atomic mass is 10.1. The van der Waals surface area contributed by atoms with Crippen molar-refractivity contribution in [2.24, 2.45) is 0 Å². The number of halogens is 1. The van der Waals surface area contributed by atoms with Crippen LogP contribution in [0.2, 0.25) is 0 Å². The molecule has 1 saturated carbocycles. The molecule has 1 fully saturated rings. The number of amides is 3. The van der Waals surface area contributed by atoms with Crippen molar-refractivity contribution in [2.75, 3.05) is 5.32 Å². The quantitative estimate of drug-likeness (QED) is 0.667. The van der Waals surface area contributed by atoms with Crippen molar-refractivity contribution in [3.05, 3.63) is 76.0 Å². The van der Waals surface area contributed by atoms with E-state index in [1.807, 2.05) is 43.3 Å². The van der Waals surface area contributed by atoms with Gasteiger partial charge in [-0.2, -0.15) is 0 Å². The van der Waals surface area contributed by atoms with Gasteiger partial charge in [-0.25, -0.2) is 0 Å². The average Bonchev–Trinajstić information content (AvgIpc) is 3.35. The Bertz CT molecular complexity index is 1060. The van der Waals surface area contributed by atoms with Crippen molar-refractivity contribution in [1.82, 2.24) is 10.2 Å². The van der Waals surface area contributed by atoms with Gasteiger partial charge in [0.25, 0.3) is 17.7 Å². The molecule has 0 atom stereocenters. The fourth-order valence-electron chi connectivity index (χ4n) is 3.94. The van der Waals surface area contributed by atoms with Crippen LogP contribution in [0.1, 0.15) is 47.2 Å². The summed E-state index contributed by atoms with van der Waals surface area (Å²) in [7, 11) is 0. The van der Waals surface area contributed by atoms with E-state index in [-0.39, 0.29) is 29.2 Å². The molecule has 2 aromatic rings. The minimum absolute atomic E-state index is 0.0269. The molecule has 31 heavy (non-hydrogen) atoms. The zero-order chi connectivity index (χ0) is 22.0. The van der Waals surface area contributed by atoms with Gasteiger partial charge in [0, 0.05) is 17.3 Å². The molecule has 2 aromatic carbocycles. The van der Waals surface area contributed by atoms with Crippen LogP contribution < -0.4 is 10.6 Å². The molecule has 0 unspecified atom stereocenters. The third kappa shape index (κ3) is 4.49. The summed E-state index contributed by atoms with van der Waals surface area (Å²) < 4.78 is 0. The molecule has 4 rings (SSSR count). The minimum Gasteiger partial charge on any atom is -0.349 e. The Hall–Kier alpha value is -3.12. The summed E-state index contributed by atoms with van der Waals surface area (Å²) in [6, 6.07) is 14.7. The van der Waals surface area contributed by atoms with Crippen LogP contribution in [0.15, 0.2) is 59.3 Å². The highest BCUT2D eigenvalue weighted by molar-refractivity contribution is 6.48. The van der Waals surface area contributed by atoms with E-state index in [1.165, 1.54) is 0 Å². The average molecular weight is 438 g/mol. The topological polar surface area (TPSA) is 78.5 Å². The molecule has 0 bridgehead atoms. The number of rotatable bonds is 6. The first-order chi connectivity index (χ1) is 14.9. The number of carbonyl (C=O) groups is 3. The van der Waals surface area contributed by atoms with Crippen LogP contribution in [-0.4, -0.2) is 28.7 Å². The SMILES string of the molecule is Cc1ccc(C(=O)NC2CCCC2)cc1NC1=C(Cl)C(=O)N(Cc2ccccc2)C1=O. The van der Waals surface area contributed by atoms with Gasteiger partial charge < -0.3 is 10.6 Å². The van der Waals surface area contributed by atoms with E-state index >= 15 is 0 Å². The van der Waals surface area contributed by atoms with E-state index in [1.54, 1.807) is 12.1 Å². The van der Waals surface area contributed by atoms with Gasteiger partial charge in [0.2, 0.25) is 0 Å². The highest BCUT2D eigenvalue weighted by atomic mass is 35.5. The Morgan fingerprint density at radius 3 is 2.48 bits per heavy atom. The molecule has 1 aliphatic heterocycles. The molecule has 6 nitrogen and oxygen atoms in total. The van der Waals surface area contributed by atoms with Crippen LogP contribution >= 0.6 is 11.6 Å². The summed E-state index contributed by atoms with van der Waals surface area (Å²) in [6.45, 7) is 2.00. The third-order valence-electron chi connectivity index (χ3n) is 5.74. The summed E-state index contributed by atoms with van der Waals surface area (Å²) >= 11 is 6.23. The third-order valence-corrected chi connectivity index (χ3v) is 6.10. The first kappa shape index (κ1) is 21.1. The van der Waals surface area contributed by atoms with E-state index in [0.29, 0.717) is 11.3 Å². The monoisotopic (exact) mass is 437 g/mol. The van der Waals surface area contributed by atoms with Gasteiger partial charge >= 0.3 is 0 Å². The smallest absolute Gasteiger partial charge is 0.279 e. The van der Waals surface area contributed by atoms with Gasteiger partial charge in [-0.05, 0) is 43.0 Å². The number of hydrogen-bond acceptors (Lipinski definition) is 4. The van der Waals surface area contributed by atoms with Crippen LogP contribution in [0.4, 0.5) is 5.69 Å². The van der Waals surface area contributed by atoms with Gasteiger partial charge in [-0.3, -0.25) is 19.3 Å². The number of imide groups is 1. The largest absolute Gasteiger partial charge is 0.349 e. The number of nitrogens with zero attached hydrogens (tertiary/aromatic N) is 1. The van der Waals surface area contributed by atoms with Gasteiger partial charge in [0.15, 0.2) is 0 Å². The molecule has 2 N–H and O–H groups in total. The number of hydrogen-bond donors (Lipinski definition) is 2. The summed E-state index contributed by atoms with van der Waals surface area (Å²) in [5, 5.41) is 5.91. The Balaban J connectivity index is 1.52. The van der Waals surface area contributed by atoms with E-state index in [2.05, 4.69) is 10.6 Å². The maximum atomic E-state index is 12.9. The second-order valence-corrected chi connectivity index (χ2v) is 8.36. The molecule has 7 heteroatoms. The minimum atomic E-state index is -0.536. The first-order valence-corrected chi connectivity index (χ1v) is 10.8. The highest BCUT2D eigenvalue weighted by Gasteiger charge is 2.38. The molecule has 1 heterocycles. The van der Waals surface area contributed by atoms with Crippen LogP contribution in [0.25, 0.3) is 0 Å². The maximum Gasteiger partial charge on any atom is 0.279 e. The molecular weight excluding hydrogens is 414 g/mol. The zero-order valence-electron chi connectivity index (χ0n) is 17.3. The molecule has 160 valence electrons. The number of nitrogens with one attached hydrogen (secondary N) is 2. The summed E-state index contributed by atoms with van der Waals surface area (Å²) in [4.78, 5) is 39.2. The van der Waals surface area contributed by atoms with Crippen LogP contribution in [-0.2, 0) is 16.1 Å². The first-order valence-electron chi connectivity index (χ1n) is 10.4. The van der Waals surface area contributed by atoms with Gasteiger partial charge in [-0.15, -0.1) is 0 Å². The van der Waals surface area contributed by atoms with E-state index in [9.17, 15) is 14.4 Å². The fraction of sp³-hybridized carbons (Fsp3) is 0.292. The Morgan fingerprint density at radius 2 is 1.77 bits per heavy atom. The van der Waals surface area contributed by atoms with Crippen molar-refractivity contribution >= 4 is 35.0 Å². The van der Waals surface area contributed by atoms with E-state index < -0.39 is 11.8 Å². The number of anilines is 1. The van der Waals surface area contributed by atoms with Crippen molar-refractivity contribution < 1.29 is 14.4 Å². The van der Waals surface area contributed by atoms with Crippen molar-refractivity contribution in [2.45, 2.75) is 45.2 Å². The lowest BCUT2D eigenvalue weighted by molar-refractivity contribution is -0.138. The standard InChI is InChI=1S/C24H24ClN3O3/c1-15-11-12-17(22(29)26-18-9-5-6-10-18)13-19(15)27-21-20(25)23(30)28(24(21)31)14-16-7-3-2-4-8-16/h2-4,7-8,11-13,18,27H,5-6,9-10,14H2,1H3,(H,26,29). The maximum absolute atomic E-state index is 12.9. The van der Waals surface area contributed by atoms with Crippen LogP contribution in [0.5, 0.6) is 0 Å². The van der Waals surface area contributed by atoms with Crippen molar-refractivity contribution in [1.29, 1.82) is 0 Å². The summed E-state index contributed by atoms with van der Waals surface area (Å²) in [6.07, 6.45) is 4.26. The predicted molar refractivity (Wildman–Crippen MR) is 119 cm³/mol. The molecule has 0 aromatic heterocycles. The molecular formula is C24H24ClN3O3. The number of benzene rings is 2. The van der Waals surface area contributed by atoms with E-state index in [0.717, 1.165) is 41.7 Å². The zero-order valence-corrected chi connectivity index (χ0v) is 18.0. The Kier molecular flexibility index (Phi) is 6.09. The molecule has 0 radical (unpaired) electrons. The summed E-state index contributed by atoms with van der Waals surface area (Å²) in [5.74, 6) is -1.17. The van der Waals surface area contributed by atoms with Crippen molar-refractivity contribution in [3.63, 3.8) is 0 Å². The number of aryl methyl sites for hydroxylation is 1. The van der Waals surface area contributed by atoms with Gasteiger partial charge in [0.05, 0.1) is 6.54 Å². The Morgan fingerprint density at radius 1 is 1.06 bits per heavy atom. The van der Waals surface area contributed by atoms with Gasteiger partial charge in [0.1, 0.15) is 10.7 Å². The van der Waals surface area contributed by atoms with E-state index in [4.69, 9.17) is 11.6 Å². The summed E-state index contributed by atoms with van der Waals surface area (Å²) in [5.41, 5.74) is 2.75. The number of carbonyl (C=O) groups excluding carboxylic acids is 3. The van der Waals surface area contributed by atoms with Crippen LogP contribution in [0, 0.1) is 6.92 Å². The molecule has 0 spiro atoms.